The molecule has 1 amide bonds. The number of amides is 1. The summed E-state index contributed by atoms with van der Waals surface area (Å²) in [5.41, 5.74) is 6.73. The van der Waals surface area contributed by atoms with E-state index in [2.05, 4.69) is 15.5 Å². The fraction of sp³-hybridized carbons (Fsp3) is 0.438. The molecule has 0 bridgehead atoms. The predicted molar refractivity (Wildman–Crippen MR) is 83.1 cm³/mol. The fourth-order valence-corrected chi connectivity index (χ4v) is 3.15. The first-order chi connectivity index (χ1) is 10.8. The van der Waals surface area contributed by atoms with Crippen LogP contribution < -0.4 is 11.1 Å². The van der Waals surface area contributed by atoms with Crippen molar-refractivity contribution in [1.29, 1.82) is 0 Å². The van der Waals surface area contributed by atoms with E-state index in [-0.39, 0.29) is 11.8 Å². The van der Waals surface area contributed by atoms with Crippen molar-refractivity contribution < 1.29 is 4.79 Å². The van der Waals surface area contributed by atoms with Crippen LogP contribution in [0.1, 0.15) is 25.1 Å². The Kier molecular flexibility index (Phi) is 4.48. The Labute approximate surface area is 129 Å². The Morgan fingerprint density at radius 1 is 1.32 bits per heavy atom. The molecule has 116 valence electrons. The molecule has 1 saturated carbocycles. The van der Waals surface area contributed by atoms with Crippen molar-refractivity contribution >= 4 is 5.91 Å². The average Bonchev–Trinajstić information content (AvgIpc) is 3.22. The molecular formula is C16H21N5O. The molecule has 0 spiro atoms. The topological polar surface area (TPSA) is 85.8 Å². The monoisotopic (exact) mass is 299 g/mol. The molecule has 1 aromatic heterocycles. The molecule has 1 aromatic carbocycles. The number of nitrogens with one attached hydrogen (secondary N) is 1. The van der Waals surface area contributed by atoms with Gasteiger partial charge in [0.15, 0.2) is 5.82 Å². The Morgan fingerprint density at radius 3 is 2.91 bits per heavy atom. The zero-order valence-electron chi connectivity index (χ0n) is 12.5. The van der Waals surface area contributed by atoms with E-state index in [0.717, 1.165) is 30.8 Å². The van der Waals surface area contributed by atoms with Crippen molar-refractivity contribution in [1.82, 2.24) is 20.1 Å². The number of para-hydroxylation sites is 1. The van der Waals surface area contributed by atoms with E-state index in [4.69, 9.17) is 5.73 Å². The average molecular weight is 299 g/mol. The van der Waals surface area contributed by atoms with Gasteiger partial charge < -0.3 is 11.1 Å². The van der Waals surface area contributed by atoms with Gasteiger partial charge in [0.25, 0.3) is 0 Å². The minimum Gasteiger partial charge on any atom is -0.349 e. The van der Waals surface area contributed by atoms with Crippen LogP contribution >= 0.6 is 0 Å². The fourth-order valence-electron chi connectivity index (χ4n) is 3.15. The van der Waals surface area contributed by atoms with Gasteiger partial charge in [-0.1, -0.05) is 24.6 Å². The van der Waals surface area contributed by atoms with Crippen LogP contribution in [0.2, 0.25) is 0 Å². The minimum atomic E-state index is 0.0399. The van der Waals surface area contributed by atoms with E-state index < -0.39 is 0 Å². The molecule has 0 aliphatic heterocycles. The lowest BCUT2D eigenvalue weighted by Crippen LogP contribution is -2.35. The lowest BCUT2D eigenvalue weighted by molar-refractivity contribution is -0.126. The van der Waals surface area contributed by atoms with Crippen molar-refractivity contribution in [3.05, 3.63) is 42.5 Å². The summed E-state index contributed by atoms with van der Waals surface area (Å²) in [6, 6.07) is 9.85. The molecule has 6 heteroatoms. The molecule has 6 nitrogen and oxygen atoms in total. The molecule has 0 radical (unpaired) electrons. The first kappa shape index (κ1) is 14.7. The van der Waals surface area contributed by atoms with Crippen molar-refractivity contribution in [3.8, 4) is 5.69 Å². The molecule has 1 heterocycles. The number of rotatable bonds is 5. The Morgan fingerprint density at radius 2 is 2.14 bits per heavy atom. The van der Waals surface area contributed by atoms with Crippen LogP contribution in [-0.2, 0) is 11.3 Å². The van der Waals surface area contributed by atoms with E-state index in [1.54, 1.807) is 6.33 Å². The van der Waals surface area contributed by atoms with Crippen LogP contribution in [0, 0.1) is 11.8 Å². The number of hydrogen-bond acceptors (Lipinski definition) is 4. The van der Waals surface area contributed by atoms with Crippen LogP contribution in [0.25, 0.3) is 5.69 Å². The van der Waals surface area contributed by atoms with Gasteiger partial charge in [-0.05, 0) is 37.4 Å². The molecule has 2 aromatic rings. The van der Waals surface area contributed by atoms with Crippen LogP contribution in [0.3, 0.4) is 0 Å². The van der Waals surface area contributed by atoms with E-state index in [1.165, 1.54) is 0 Å². The van der Waals surface area contributed by atoms with Crippen molar-refractivity contribution in [2.45, 2.75) is 25.8 Å². The number of carbonyl (C=O) groups is 1. The first-order valence-corrected chi connectivity index (χ1v) is 7.71. The van der Waals surface area contributed by atoms with Crippen molar-refractivity contribution in [2.24, 2.45) is 17.6 Å². The SMILES string of the molecule is NC[C@H]1CCC[C@H]1C(=O)NCc1nncn1-c1ccccc1. The second-order valence-corrected chi connectivity index (χ2v) is 5.70. The molecule has 1 fully saturated rings. The van der Waals surface area contributed by atoms with Gasteiger partial charge in [0.1, 0.15) is 6.33 Å². The second-order valence-electron chi connectivity index (χ2n) is 5.70. The predicted octanol–water partition coefficient (Wildman–Crippen LogP) is 1.26. The first-order valence-electron chi connectivity index (χ1n) is 7.71. The number of nitrogens with zero attached hydrogens (tertiary/aromatic N) is 3. The largest absolute Gasteiger partial charge is 0.349 e. The van der Waals surface area contributed by atoms with Crippen LogP contribution in [0.5, 0.6) is 0 Å². The number of hydrogen-bond donors (Lipinski definition) is 2. The third-order valence-electron chi connectivity index (χ3n) is 4.37. The maximum atomic E-state index is 12.3. The van der Waals surface area contributed by atoms with E-state index in [0.29, 0.717) is 19.0 Å². The third-order valence-corrected chi connectivity index (χ3v) is 4.37. The minimum absolute atomic E-state index is 0.0399. The third kappa shape index (κ3) is 3.01. The van der Waals surface area contributed by atoms with Crippen molar-refractivity contribution in [3.63, 3.8) is 0 Å². The zero-order valence-corrected chi connectivity index (χ0v) is 12.5. The van der Waals surface area contributed by atoms with Gasteiger partial charge in [0.05, 0.1) is 6.54 Å². The summed E-state index contributed by atoms with van der Waals surface area (Å²) in [6.45, 7) is 0.958. The number of benzene rings is 1. The highest BCUT2D eigenvalue weighted by Gasteiger charge is 2.31. The van der Waals surface area contributed by atoms with Gasteiger partial charge in [0, 0.05) is 11.6 Å². The van der Waals surface area contributed by atoms with Gasteiger partial charge in [0.2, 0.25) is 5.91 Å². The number of aromatic nitrogens is 3. The molecule has 22 heavy (non-hydrogen) atoms. The zero-order chi connectivity index (χ0) is 15.4. The van der Waals surface area contributed by atoms with Gasteiger partial charge in [-0.2, -0.15) is 0 Å². The molecule has 2 atom stereocenters. The number of carbonyl (C=O) groups excluding carboxylic acids is 1. The maximum Gasteiger partial charge on any atom is 0.223 e. The summed E-state index contributed by atoms with van der Waals surface area (Å²) in [6.07, 6.45) is 4.73. The van der Waals surface area contributed by atoms with Gasteiger partial charge in [-0.15, -0.1) is 10.2 Å². The van der Waals surface area contributed by atoms with E-state index in [9.17, 15) is 4.79 Å². The molecule has 1 aliphatic rings. The van der Waals surface area contributed by atoms with Gasteiger partial charge >= 0.3 is 0 Å². The summed E-state index contributed by atoms with van der Waals surface area (Å²) in [4.78, 5) is 12.3. The smallest absolute Gasteiger partial charge is 0.223 e. The van der Waals surface area contributed by atoms with Gasteiger partial charge in [-0.3, -0.25) is 9.36 Å². The number of nitrogens with two attached hydrogens (primary N) is 1. The standard InChI is InChI=1S/C16H21N5O/c17-9-12-5-4-8-14(12)16(22)18-10-15-20-19-11-21(15)13-6-2-1-3-7-13/h1-3,6-7,11-12,14H,4-5,8-10,17H2,(H,18,22)/t12-,14-/m1/s1. The molecule has 0 saturated heterocycles. The van der Waals surface area contributed by atoms with E-state index >= 15 is 0 Å². The second kappa shape index (κ2) is 6.70. The Balaban J connectivity index is 1.65. The lowest BCUT2D eigenvalue weighted by Gasteiger charge is -2.17. The van der Waals surface area contributed by atoms with Crippen LogP contribution in [0.15, 0.2) is 36.7 Å². The normalized spacial score (nSPS) is 21.0. The molecule has 0 unspecified atom stereocenters. The van der Waals surface area contributed by atoms with Crippen LogP contribution in [0.4, 0.5) is 0 Å². The maximum absolute atomic E-state index is 12.3. The summed E-state index contributed by atoms with van der Waals surface area (Å²) in [7, 11) is 0. The summed E-state index contributed by atoms with van der Waals surface area (Å²) >= 11 is 0. The summed E-state index contributed by atoms with van der Waals surface area (Å²) in [5.74, 6) is 1.16. The highest BCUT2D eigenvalue weighted by Crippen LogP contribution is 2.30. The summed E-state index contributed by atoms with van der Waals surface area (Å²) < 4.78 is 1.88. The Hall–Kier alpha value is -2.21. The van der Waals surface area contributed by atoms with Gasteiger partial charge in [-0.25, -0.2) is 0 Å². The molecular weight excluding hydrogens is 278 g/mol. The highest BCUT2D eigenvalue weighted by molar-refractivity contribution is 5.79. The molecule has 3 N–H and O–H groups in total. The molecule has 3 rings (SSSR count). The highest BCUT2D eigenvalue weighted by atomic mass is 16.1. The summed E-state index contributed by atoms with van der Waals surface area (Å²) in [5, 5.41) is 11.0. The van der Waals surface area contributed by atoms with E-state index in [1.807, 2.05) is 34.9 Å². The van der Waals surface area contributed by atoms with Crippen LogP contribution in [-0.4, -0.2) is 27.2 Å². The van der Waals surface area contributed by atoms with Crippen molar-refractivity contribution in [2.75, 3.05) is 6.54 Å². The quantitative estimate of drug-likeness (QED) is 0.870. The lowest BCUT2D eigenvalue weighted by atomic mass is 9.95. The molecule has 1 aliphatic carbocycles. The Bertz CT molecular complexity index is 624.